The minimum atomic E-state index is -0.766. The molecule has 0 unspecified atom stereocenters. The minimum Gasteiger partial charge on any atom is -0.481 e. The van der Waals surface area contributed by atoms with Crippen LogP contribution >= 0.6 is 11.6 Å². The summed E-state index contributed by atoms with van der Waals surface area (Å²) < 4.78 is 0. The highest BCUT2D eigenvalue weighted by Gasteiger charge is 2.42. The fraction of sp³-hybridized carbons (Fsp3) is 0.368. The maximum atomic E-state index is 12.1. The molecular formula is C19H21ClN2O2. The standard InChI is InChI=1S/C19H21ClN2O2/c20-16-6-3-5-15(11-16)12-19(18(23)24)8-4-10-22(14-19)13-17-7-1-2-9-21-17/h1-3,5-7,9,11H,4,8,10,12-14H2,(H,23,24)/t19-/m0/s1. The maximum absolute atomic E-state index is 12.1. The van der Waals surface area contributed by atoms with Crippen LogP contribution in [0.5, 0.6) is 0 Å². The Morgan fingerprint density at radius 1 is 1.29 bits per heavy atom. The van der Waals surface area contributed by atoms with Gasteiger partial charge in [0.25, 0.3) is 0 Å². The highest BCUT2D eigenvalue weighted by atomic mass is 35.5. The number of rotatable bonds is 5. The van der Waals surface area contributed by atoms with E-state index in [2.05, 4.69) is 9.88 Å². The molecule has 0 amide bonds. The van der Waals surface area contributed by atoms with E-state index in [1.165, 1.54) is 0 Å². The normalized spacial score (nSPS) is 21.5. The van der Waals surface area contributed by atoms with Crippen molar-refractivity contribution < 1.29 is 9.90 Å². The summed E-state index contributed by atoms with van der Waals surface area (Å²) in [6.45, 7) is 2.12. The second kappa shape index (κ2) is 7.32. The Balaban J connectivity index is 1.77. The van der Waals surface area contributed by atoms with E-state index >= 15 is 0 Å². The summed E-state index contributed by atoms with van der Waals surface area (Å²) in [4.78, 5) is 18.6. The van der Waals surface area contributed by atoms with Crippen LogP contribution in [0.3, 0.4) is 0 Å². The van der Waals surface area contributed by atoms with Crippen molar-refractivity contribution in [1.82, 2.24) is 9.88 Å². The molecule has 0 bridgehead atoms. The topological polar surface area (TPSA) is 53.4 Å². The van der Waals surface area contributed by atoms with E-state index in [0.29, 0.717) is 31.0 Å². The van der Waals surface area contributed by atoms with E-state index in [0.717, 1.165) is 24.2 Å². The third-order valence-electron chi connectivity index (χ3n) is 4.65. The Hall–Kier alpha value is -1.91. The number of halogens is 1. The zero-order valence-corrected chi connectivity index (χ0v) is 14.2. The first-order chi connectivity index (χ1) is 11.6. The number of carbonyl (C=O) groups is 1. The average Bonchev–Trinajstić information content (AvgIpc) is 2.56. The molecule has 1 saturated heterocycles. The predicted octanol–water partition coefficient (Wildman–Crippen LogP) is 3.64. The number of hydrogen-bond donors (Lipinski definition) is 1. The Morgan fingerprint density at radius 3 is 2.88 bits per heavy atom. The number of nitrogens with zero attached hydrogens (tertiary/aromatic N) is 2. The number of pyridine rings is 1. The van der Waals surface area contributed by atoms with Crippen molar-refractivity contribution >= 4 is 17.6 Å². The molecule has 0 spiro atoms. The smallest absolute Gasteiger partial charge is 0.311 e. The summed E-state index contributed by atoms with van der Waals surface area (Å²) in [6.07, 6.45) is 3.84. The van der Waals surface area contributed by atoms with Crippen LogP contribution in [-0.2, 0) is 17.8 Å². The number of piperidine rings is 1. The van der Waals surface area contributed by atoms with E-state index in [1.54, 1.807) is 6.20 Å². The molecule has 0 aliphatic carbocycles. The molecule has 2 heterocycles. The molecule has 3 rings (SSSR count). The van der Waals surface area contributed by atoms with Crippen molar-refractivity contribution in [3.63, 3.8) is 0 Å². The lowest BCUT2D eigenvalue weighted by molar-refractivity contribution is -0.152. The summed E-state index contributed by atoms with van der Waals surface area (Å²) in [5.74, 6) is -0.729. The van der Waals surface area contributed by atoms with Crippen molar-refractivity contribution in [2.75, 3.05) is 13.1 Å². The van der Waals surface area contributed by atoms with Gasteiger partial charge in [0.15, 0.2) is 0 Å². The van der Waals surface area contributed by atoms with Crippen LogP contribution in [0.4, 0.5) is 0 Å². The second-order valence-electron chi connectivity index (χ2n) is 6.53. The Kier molecular flexibility index (Phi) is 5.17. The third-order valence-corrected chi connectivity index (χ3v) is 4.89. The predicted molar refractivity (Wildman–Crippen MR) is 94.0 cm³/mol. The van der Waals surface area contributed by atoms with E-state index < -0.39 is 11.4 Å². The largest absolute Gasteiger partial charge is 0.481 e. The molecule has 1 atom stereocenters. The van der Waals surface area contributed by atoms with E-state index in [-0.39, 0.29) is 0 Å². The lowest BCUT2D eigenvalue weighted by Crippen LogP contribution is -2.48. The Labute approximate surface area is 147 Å². The molecule has 24 heavy (non-hydrogen) atoms. The summed E-state index contributed by atoms with van der Waals surface area (Å²) >= 11 is 6.06. The highest BCUT2D eigenvalue weighted by molar-refractivity contribution is 6.30. The van der Waals surface area contributed by atoms with Gasteiger partial charge < -0.3 is 5.11 Å². The molecule has 1 aliphatic rings. The molecule has 5 heteroatoms. The number of likely N-dealkylation sites (tertiary alicyclic amines) is 1. The maximum Gasteiger partial charge on any atom is 0.311 e. The average molecular weight is 345 g/mol. The van der Waals surface area contributed by atoms with Crippen molar-refractivity contribution in [3.05, 3.63) is 64.9 Å². The number of carboxylic acids is 1. The Morgan fingerprint density at radius 2 is 2.17 bits per heavy atom. The van der Waals surface area contributed by atoms with Crippen LogP contribution in [0.25, 0.3) is 0 Å². The van der Waals surface area contributed by atoms with Crippen molar-refractivity contribution in [1.29, 1.82) is 0 Å². The minimum absolute atomic E-state index is 0.502. The summed E-state index contributed by atoms with van der Waals surface area (Å²) in [5.41, 5.74) is 1.18. The van der Waals surface area contributed by atoms with Crippen LogP contribution in [0.15, 0.2) is 48.7 Å². The number of aromatic nitrogens is 1. The fourth-order valence-electron chi connectivity index (χ4n) is 3.52. The quantitative estimate of drug-likeness (QED) is 0.899. The molecule has 1 aliphatic heterocycles. The van der Waals surface area contributed by atoms with Gasteiger partial charge in [0.05, 0.1) is 11.1 Å². The fourth-order valence-corrected chi connectivity index (χ4v) is 3.73. The van der Waals surface area contributed by atoms with Crippen LogP contribution < -0.4 is 0 Å². The molecule has 1 fully saturated rings. The lowest BCUT2D eigenvalue weighted by Gasteiger charge is -2.40. The van der Waals surface area contributed by atoms with Crippen LogP contribution in [0.1, 0.15) is 24.1 Å². The first-order valence-electron chi connectivity index (χ1n) is 8.18. The number of hydrogen-bond acceptors (Lipinski definition) is 3. The molecule has 2 aromatic rings. The molecule has 126 valence electrons. The summed E-state index contributed by atoms with van der Waals surface area (Å²) in [6, 6.07) is 13.3. The first kappa shape index (κ1) is 16.9. The van der Waals surface area contributed by atoms with Crippen molar-refractivity contribution in [3.8, 4) is 0 Å². The van der Waals surface area contributed by atoms with E-state index in [4.69, 9.17) is 11.6 Å². The van der Waals surface area contributed by atoms with Gasteiger partial charge in [-0.15, -0.1) is 0 Å². The molecule has 4 nitrogen and oxygen atoms in total. The van der Waals surface area contributed by atoms with E-state index in [9.17, 15) is 9.90 Å². The summed E-state index contributed by atoms with van der Waals surface area (Å²) in [5, 5.41) is 10.6. The molecule has 1 N–H and O–H groups in total. The molecule has 0 radical (unpaired) electrons. The zero-order chi connectivity index (χ0) is 17.0. The summed E-state index contributed by atoms with van der Waals surface area (Å²) in [7, 11) is 0. The van der Waals surface area contributed by atoms with Gasteiger partial charge in [-0.05, 0) is 55.6 Å². The van der Waals surface area contributed by atoms with Crippen molar-refractivity contribution in [2.45, 2.75) is 25.8 Å². The first-order valence-corrected chi connectivity index (χ1v) is 8.55. The number of carboxylic acid groups (broad SMARTS) is 1. The lowest BCUT2D eigenvalue weighted by atomic mass is 9.75. The molecule has 0 saturated carbocycles. The Bertz CT molecular complexity index is 708. The third kappa shape index (κ3) is 3.94. The van der Waals surface area contributed by atoms with Crippen LogP contribution in [0.2, 0.25) is 5.02 Å². The van der Waals surface area contributed by atoms with E-state index in [1.807, 2.05) is 42.5 Å². The van der Waals surface area contributed by atoms with Gasteiger partial charge in [-0.3, -0.25) is 14.7 Å². The monoisotopic (exact) mass is 344 g/mol. The molecule has 1 aromatic carbocycles. The van der Waals surface area contributed by atoms with Gasteiger partial charge in [-0.25, -0.2) is 0 Å². The van der Waals surface area contributed by atoms with Crippen LogP contribution in [0, 0.1) is 5.41 Å². The van der Waals surface area contributed by atoms with Gasteiger partial charge in [-0.2, -0.15) is 0 Å². The van der Waals surface area contributed by atoms with Gasteiger partial charge >= 0.3 is 5.97 Å². The second-order valence-corrected chi connectivity index (χ2v) is 6.96. The zero-order valence-electron chi connectivity index (χ0n) is 13.5. The number of benzene rings is 1. The SMILES string of the molecule is O=C(O)[C@]1(Cc2cccc(Cl)c2)CCCN(Cc2ccccn2)C1. The van der Waals surface area contributed by atoms with Crippen LogP contribution in [-0.4, -0.2) is 34.0 Å². The molecular weight excluding hydrogens is 324 g/mol. The molecule has 1 aromatic heterocycles. The van der Waals surface area contributed by atoms with Crippen molar-refractivity contribution in [2.24, 2.45) is 5.41 Å². The van der Waals surface area contributed by atoms with Gasteiger partial charge in [0, 0.05) is 24.3 Å². The van der Waals surface area contributed by atoms with Gasteiger partial charge in [0.1, 0.15) is 0 Å². The van der Waals surface area contributed by atoms with Gasteiger partial charge in [0.2, 0.25) is 0 Å². The highest BCUT2D eigenvalue weighted by Crippen LogP contribution is 2.35. The number of aliphatic carboxylic acids is 1. The van der Waals surface area contributed by atoms with Gasteiger partial charge in [-0.1, -0.05) is 29.8 Å².